The number of Topliss-reactive ketones (excluding diaryl/α,β-unsaturated/α-hetero) is 2. The molecule has 3 aromatic rings. The summed E-state index contributed by atoms with van der Waals surface area (Å²) in [6.07, 6.45) is -0.921. The average Bonchev–Trinajstić information content (AvgIpc) is 3.45. The second-order valence-electron chi connectivity index (χ2n) is 9.79. The standard InChI is InChI=1S/C29H22BrNO5/c1-15(2)16-7-9-17(10-8-16)24-22-23(28(35)31(27(22)34)19-13-11-18(30)12-14-19)29(36-24)25(32)20-5-3-4-6-21(20)26(29)33/h3-15,22-24H,1-2H3/t22-,23-,24-/m0/s1. The zero-order valence-corrected chi connectivity index (χ0v) is 21.2. The van der Waals surface area contributed by atoms with Crippen LogP contribution >= 0.6 is 15.9 Å². The van der Waals surface area contributed by atoms with Crippen molar-refractivity contribution >= 4 is 45.0 Å². The van der Waals surface area contributed by atoms with E-state index in [9.17, 15) is 19.2 Å². The summed E-state index contributed by atoms with van der Waals surface area (Å²) in [5.74, 6) is -4.14. The van der Waals surface area contributed by atoms with Crippen molar-refractivity contribution < 1.29 is 23.9 Å². The van der Waals surface area contributed by atoms with Gasteiger partial charge >= 0.3 is 0 Å². The topological polar surface area (TPSA) is 80.8 Å². The molecule has 2 saturated heterocycles. The van der Waals surface area contributed by atoms with Crippen molar-refractivity contribution in [2.75, 3.05) is 4.90 Å². The Labute approximate surface area is 216 Å². The van der Waals surface area contributed by atoms with Crippen molar-refractivity contribution in [1.82, 2.24) is 0 Å². The number of ether oxygens (including phenoxy) is 1. The summed E-state index contributed by atoms with van der Waals surface area (Å²) < 4.78 is 7.14. The normalized spacial score (nSPS) is 24.2. The van der Waals surface area contributed by atoms with Gasteiger partial charge in [-0.05, 0) is 41.3 Å². The minimum atomic E-state index is -2.06. The summed E-state index contributed by atoms with van der Waals surface area (Å²) in [5.41, 5.74) is 0.531. The molecule has 2 heterocycles. The number of amides is 2. The highest BCUT2D eigenvalue weighted by molar-refractivity contribution is 9.10. The molecule has 0 saturated carbocycles. The number of hydrogen-bond acceptors (Lipinski definition) is 5. The number of imide groups is 1. The van der Waals surface area contributed by atoms with Crippen LogP contribution in [-0.2, 0) is 14.3 Å². The monoisotopic (exact) mass is 543 g/mol. The summed E-state index contributed by atoms with van der Waals surface area (Å²) >= 11 is 3.37. The first kappa shape index (κ1) is 23.0. The molecule has 180 valence electrons. The molecule has 3 aromatic carbocycles. The Morgan fingerprint density at radius 1 is 0.806 bits per heavy atom. The van der Waals surface area contributed by atoms with E-state index < -0.39 is 46.9 Å². The number of halogens is 1. The first-order valence-corrected chi connectivity index (χ1v) is 12.6. The molecule has 2 fully saturated rings. The lowest BCUT2D eigenvalue weighted by atomic mass is 9.77. The van der Waals surface area contributed by atoms with E-state index in [1.54, 1.807) is 48.5 Å². The van der Waals surface area contributed by atoms with Crippen molar-refractivity contribution in [2.45, 2.75) is 31.5 Å². The third-order valence-corrected chi connectivity index (χ3v) is 8.06. The number of nitrogens with zero attached hydrogens (tertiary/aromatic N) is 1. The van der Waals surface area contributed by atoms with Gasteiger partial charge in [0.15, 0.2) is 0 Å². The number of fused-ring (bicyclic) bond motifs is 3. The minimum absolute atomic E-state index is 0.222. The lowest BCUT2D eigenvalue weighted by molar-refractivity contribution is -0.127. The molecule has 2 aliphatic heterocycles. The Balaban J connectivity index is 1.52. The number of carbonyl (C=O) groups excluding carboxylic acids is 4. The van der Waals surface area contributed by atoms with Gasteiger partial charge in [0.2, 0.25) is 29.0 Å². The molecule has 0 N–H and O–H groups in total. The van der Waals surface area contributed by atoms with Crippen LogP contribution in [0.1, 0.15) is 57.7 Å². The van der Waals surface area contributed by atoms with Crippen molar-refractivity contribution in [3.63, 3.8) is 0 Å². The molecule has 0 radical (unpaired) electrons. The molecule has 2 amide bonds. The van der Waals surface area contributed by atoms with E-state index in [0.29, 0.717) is 17.2 Å². The average molecular weight is 544 g/mol. The highest BCUT2D eigenvalue weighted by Crippen LogP contribution is 2.57. The van der Waals surface area contributed by atoms with Crippen LogP contribution in [0.4, 0.5) is 5.69 Å². The van der Waals surface area contributed by atoms with E-state index in [1.807, 2.05) is 24.3 Å². The molecule has 3 atom stereocenters. The zero-order chi connectivity index (χ0) is 25.4. The Morgan fingerprint density at radius 2 is 1.39 bits per heavy atom. The van der Waals surface area contributed by atoms with E-state index in [4.69, 9.17) is 4.74 Å². The maximum Gasteiger partial charge on any atom is 0.241 e. The second kappa shape index (κ2) is 8.05. The van der Waals surface area contributed by atoms with Gasteiger partial charge in [-0.2, -0.15) is 0 Å². The van der Waals surface area contributed by atoms with Gasteiger partial charge in [-0.3, -0.25) is 19.2 Å². The van der Waals surface area contributed by atoms with Crippen LogP contribution in [0, 0.1) is 11.8 Å². The molecule has 6 rings (SSSR count). The van der Waals surface area contributed by atoms with Crippen LogP contribution < -0.4 is 4.90 Å². The largest absolute Gasteiger partial charge is 0.349 e. The molecule has 0 unspecified atom stereocenters. The van der Waals surface area contributed by atoms with Gasteiger partial charge in [0, 0.05) is 15.6 Å². The molecule has 1 aliphatic carbocycles. The van der Waals surface area contributed by atoms with Crippen LogP contribution in [0.25, 0.3) is 0 Å². The van der Waals surface area contributed by atoms with E-state index in [-0.39, 0.29) is 11.1 Å². The van der Waals surface area contributed by atoms with E-state index in [2.05, 4.69) is 29.8 Å². The molecule has 0 bridgehead atoms. The van der Waals surface area contributed by atoms with E-state index in [0.717, 1.165) is 14.9 Å². The maximum atomic E-state index is 13.9. The van der Waals surface area contributed by atoms with Crippen molar-refractivity contribution in [3.8, 4) is 0 Å². The third-order valence-electron chi connectivity index (χ3n) is 7.54. The lowest BCUT2D eigenvalue weighted by Crippen LogP contribution is -2.51. The molecule has 36 heavy (non-hydrogen) atoms. The Hall–Kier alpha value is -3.42. The zero-order valence-electron chi connectivity index (χ0n) is 19.6. The van der Waals surface area contributed by atoms with E-state index >= 15 is 0 Å². The first-order chi connectivity index (χ1) is 17.3. The predicted octanol–water partition coefficient (Wildman–Crippen LogP) is 5.27. The molecule has 3 aliphatic rings. The predicted molar refractivity (Wildman–Crippen MR) is 136 cm³/mol. The van der Waals surface area contributed by atoms with Gasteiger partial charge in [-0.1, -0.05) is 78.3 Å². The highest BCUT2D eigenvalue weighted by atomic mass is 79.9. The molecule has 0 aromatic heterocycles. The Bertz CT molecular complexity index is 1410. The molecule has 6 nitrogen and oxygen atoms in total. The first-order valence-electron chi connectivity index (χ1n) is 11.9. The summed E-state index contributed by atoms with van der Waals surface area (Å²) in [6.45, 7) is 4.16. The summed E-state index contributed by atoms with van der Waals surface area (Å²) in [4.78, 5) is 56.5. The Kier molecular flexibility index (Phi) is 5.14. The van der Waals surface area contributed by atoms with Gasteiger partial charge in [-0.15, -0.1) is 0 Å². The van der Waals surface area contributed by atoms with Gasteiger partial charge in [0.25, 0.3) is 0 Å². The molecule has 1 spiro atoms. The van der Waals surface area contributed by atoms with Crippen LogP contribution in [0.3, 0.4) is 0 Å². The number of rotatable bonds is 3. The minimum Gasteiger partial charge on any atom is -0.349 e. The fourth-order valence-electron chi connectivity index (χ4n) is 5.73. The number of ketones is 2. The Morgan fingerprint density at radius 3 is 1.94 bits per heavy atom. The SMILES string of the molecule is CC(C)c1ccc([C@@H]2OC3(C(=O)c4ccccc4C3=O)[C@@H]3C(=O)N(c4ccc(Br)cc4)C(=O)[C@@H]32)cc1. The lowest BCUT2D eigenvalue weighted by Gasteiger charge is -2.27. The smallest absolute Gasteiger partial charge is 0.241 e. The van der Waals surface area contributed by atoms with Crippen molar-refractivity contribution in [2.24, 2.45) is 11.8 Å². The maximum absolute atomic E-state index is 13.9. The number of anilines is 1. The fourth-order valence-corrected chi connectivity index (χ4v) is 6.00. The van der Waals surface area contributed by atoms with E-state index in [1.165, 1.54) is 0 Å². The summed E-state index contributed by atoms with van der Waals surface area (Å²) in [5, 5.41) is 0. The van der Waals surface area contributed by atoms with Crippen molar-refractivity contribution in [3.05, 3.63) is 99.5 Å². The highest BCUT2D eigenvalue weighted by Gasteiger charge is 2.74. The second-order valence-corrected chi connectivity index (χ2v) is 10.7. The van der Waals surface area contributed by atoms with Crippen molar-refractivity contribution in [1.29, 1.82) is 0 Å². The number of hydrogen-bond donors (Lipinski definition) is 0. The summed E-state index contributed by atoms with van der Waals surface area (Å²) in [6, 6.07) is 20.9. The number of carbonyl (C=O) groups is 4. The molecular formula is C29H22BrNO5. The van der Waals surface area contributed by atoms with Gasteiger partial charge in [0.05, 0.1) is 23.6 Å². The van der Waals surface area contributed by atoms with Gasteiger partial charge < -0.3 is 4.74 Å². The summed E-state index contributed by atoms with van der Waals surface area (Å²) in [7, 11) is 0. The van der Waals surface area contributed by atoms with Crippen LogP contribution in [0.15, 0.2) is 77.3 Å². The molecular weight excluding hydrogens is 522 g/mol. The van der Waals surface area contributed by atoms with Gasteiger partial charge in [0.1, 0.15) is 0 Å². The van der Waals surface area contributed by atoms with Crippen LogP contribution in [0.2, 0.25) is 0 Å². The van der Waals surface area contributed by atoms with Gasteiger partial charge in [-0.25, -0.2) is 4.90 Å². The quantitative estimate of drug-likeness (QED) is 0.332. The third kappa shape index (κ3) is 2.99. The van der Waals surface area contributed by atoms with Crippen LogP contribution in [-0.4, -0.2) is 29.0 Å². The number of benzene rings is 3. The fraction of sp³-hybridized carbons (Fsp3) is 0.241. The molecule has 7 heteroatoms. The van der Waals surface area contributed by atoms with Crippen LogP contribution in [0.5, 0.6) is 0 Å².